The average Bonchev–Trinajstić information content (AvgIpc) is 2.91. The first-order chi connectivity index (χ1) is 12.1. The van der Waals surface area contributed by atoms with Gasteiger partial charge in [0.05, 0.1) is 17.7 Å². The summed E-state index contributed by atoms with van der Waals surface area (Å²) in [7, 11) is -2.19. The fourth-order valence-corrected chi connectivity index (χ4v) is 3.62. The largest absolute Gasteiger partial charge is 0.420 e. The van der Waals surface area contributed by atoms with Gasteiger partial charge in [0.1, 0.15) is 17.5 Å². The van der Waals surface area contributed by atoms with Crippen LogP contribution in [-0.4, -0.2) is 33.9 Å². The number of hydrogen-bond donors (Lipinski definition) is 1. The third kappa shape index (κ3) is 2.87. The molecule has 0 atom stereocenters. The lowest BCUT2D eigenvalue weighted by Crippen LogP contribution is -2.34. The van der Waals surface area contributed by atoms with Crippen molar-refractivity contribution in [1.82, 2.24) is 14.5 Å². The van der Waals surface area contributed by atoms with Crippen LogP contribution in [0.25, 0.3) is 22.7 Å². The van der Waals surface area contributed by atoms with Crippen molar-refractivity contribution in [1.29, 1.82) is 0 Å². The second-order valence-electron chi connectivity index (χ2n) is 5.53. The molecule has 11 heteroatoms. The monoisotopic (exact) mass is 387 g/mol. The summed E-state index contributed by atoms with van der Waals surface area (Å²) < 4.78 is 65.0. The van der Waals surface area contributed by atoms with Gasteiger partial charge in [-0.05, 0) is 22.9 Å². The normalized spacial score (nSPS) is 12.7. The lowest BCUT2D eigenvalue weighted by Gasteiger charge is -2.05. The summed E-state index contributed by atoms with van der Waals surface area (Å²) in [6.07, 6.45) is -2.79. The predicted octanol–water partition coefficient (Wildman–Crippen LogP) is 1.97. The van der Waals surface area contributed by atoms with E-state index in [-0.39, 0.29) is 33.3 Å². The Morgan fingerprint density at radius 3 is 2.65 bits per heavy atom. The molecule has 0 amide bonds. The molecule has 0 aliphatic carbocycles. The highest BCUT2D eigenvalue weighted by atomic mass is 32.2. The second kappa shape index (κ2) is 5.94. The van der Waals surface area contributed by atoms with Crippen LogP contribution in [0, 0.1) is 0 Å². The van der Waals surface area contributed by atoms with Gasteiger partial charge in [0.15, 0.2) is 15.4 Å². The highest BCUT2D eigenvalue weighted by Crippen LogP contribution is 2.31. The molecule has 0 saturated carbocycles. The molecular formula is C15H14F3N4O3S+. The van der Waals surface area contributed by atoms with E-state index in [1.807, 2.05) is 0 Å². The van der Waals surface area contributed by atoms with Crippen molar-refractivity contribution in [3.63, 3.8) is 0 Å². The second-order valence-corrected chi connectivity index (χ2v) is 7.77. The minimum Gasteiger partial charge on any atom is -0.350 e. The maximum atomic E-state index is 12.9. The van der Waals surface area contributed by atoms with Crippen LogP contribution < -0.4 is 4.73 Å². The van der Waals surface area contributed by atoms with Crippen LogP contribution in [0.2, 0.25) is 0 Å². The fraction of sp³-hybridized carbons (Fsp3) is 0.267. The topological polar surface area (TPSA) is 89.0 Å². The minimum absolute atomic E-state index is 0.00149. The van der Waals surface area contributed by atoms with E-state index in [0.717, 1.165) is 6.07 Å². The van der Waals surface area contributed by atoms with Gasteiger partial charge in [-0.25, -0.2) is 18.0 Å². The Morgan fingerprint density at radius 2 is 2.04 bits per heavy atom. The summed E-state index contributed by atoms with van der Waals surface area (Å²) in [5.41, 5.74) is -1.26. The van der Waals surface area contributed by atoms with Crippen molar-refractivity contribution in [2.45, 2.75) is 18.0 Å². The van der Waals surface area contributed by atoms with Gasteiger partial charge in [-0.1, -0.05) is 6.92 Å². The van der Waals surface area contributed by atoms with E-state index in [9.17, 15) is 26.8 Å². The van der Waals surface area contributed by atoms with E-state index >= 15 is 0 Å². The predicted molar refractivity (Wildman–Crippen MR) is 84.1 cm³/mol. The Labute approximate surface area is 146 Å². The van der Waals surface area contributed by atoms with Crippen LogP contribution in [0.3, 0.4) is 0 Å². The molecule has 0 aliphatic rings. The summed E-state index contributed by atoms with van der Waals surface area (Å²) in [4.78, 5) is 8.04. The van der Waals surface area contributed by atoms with E-state index in [1.54, 1.807) is 0 Å². The number of pyridine rings is 2. The zero-order valence-electron chi connectivity index (χ0n) is 13.7. The molecule has 0 aliphatic heterocycles. The number of nitrogens with zero attached hydrogens (tertiary/aromatic N) is 4. The molecule has 1 N–H and O–H groups in total. The Hall–Kier alpha value is -2.69. The van der Waals surface area contributed by atoms with Crippen LogP contribution >= 0.6 is 0 Å². The van der Waals surface area contributed by atoms with Crippen LogP contribution in [-0.2, 0) is 23.1 Å². The number of rotatable bonds is 3. The number of imidazole rings is 1. The fourth-order valence-electron chi connectivity index (χ4n) is 2.59. The van der Waals surface area contributed by atoms with Crippen molar-refractivity contribution in [2.24, 2.45) is 7.05 Å². The maximum Gasteiger partial charge on any atom is 0.420 e. The molecule has 3 aromatic rings. The van der Waals surface area contributed by atoms with Crippen molar-refractivity contribution >= 4 is 21.0 Å². The smallest absolute Gasteiger partial charge is 0.350 e. The highest BCUT2D eigenvalue weighted by Gasteiger charge is 2.35. The maximum absolute atomic E-state index is 12.9. The number of hydrogen-bond acceptors (Lipinski definition) is 5. The van der Waals surface area contributed by atoms with Gasteiger partial charge in [0.2, 0.25) is 5.82 Å². The van der Waals surface area contributed by atoms with Crippen molar-refractivity contribution in [2.75, 3.05) is 5.75 Å². The highest BCUT2D eigenvalue weighted by molar-refractivity contribution is 7.91. The lowest BCUT2D eigenvalue weighted by atomic mass is 10.2. The summed E-state index contributed by atoms with van der Waals surface area (Å²) in [5.74, 6) is -0.150. The van der Waals surface area contributed by atoms with Crippen LogP contribution in [0.4, 0.5) is 13.2 Å². The summed E-state index contributed by atoms with van der Waals surface area (Å²) in [6, 6.07) is 3.58. The van der Waals surface area contributed by atoms with Gasteiger partial charge in [0, 0.05) is 6.20 Å². The third-order valence-electron chi connectivity index (χ3n) is 3.89. The molecule has 7 nitrogen and oxygen atoms in total. The van der Waals surface area contributed by atoms with Gasteiger partial charge in [-0.2, -0.15) is 18.2 Å². The molecule has 3 rings (SSSR count). The minimum atomic E-state index is -4.67. The van der Waals surface area contributed by atoms with Gasteiger partial charge in [0.25, 0.3) is 0 Å². The zero-order chi connectivity index (χ0) is 19.3. The first-order valence-electron chi connectivity index (χ1n) is 7.43. The Balaban J connectivity index is 2.33. The number of halogens is 3. The first-order valence-corrected chi connectivity index (χ1v) is 9.08. The molecule has 0 fully saturated rings. The molecule has 3 heterocycles. The number of fused-ring (bicyclic) bond motifs is 1. The van der Waals surface area contributed by atoms with Crippen molar-refractivity contribution in [3.05, 3.63) is 36.2 Å². The molecule has 0 unspecified atom stereocenters. The van der Waals surface area contributed by atoms with E-state index < -0.39 is 21.6 Å². The van der Waals surface area contributed by atoms with Crippen LogP contribution in [0.5, 0.6) is 0 Å². The zero-order valence-corrected chi connectivity index (χ0v) is 14.5. The lowest BCUT2D eigenvalue weighted by molar-refractivity contribution is -0.886. The summed E-state index contributed by atoms with van der Waals surface area (Å²) >= 11 is 0. The number of aromatic nitrogens is 4. The molecule has 0 bridgehead atoms. The van der Waals surface area contributed by atoms with E-state index in [4.69, 9.17) is 0 Å². The number of alkyl halides is 3. The quantitative estimate of drug-likeness (QED) is 0.548. The SMILES string of the molecule is CCS(=O)(=O)c1cccnc1-c1nc2cc(C(F)(F)F)c[n+](O)c2n1C. The molecular weight excluding hydrogens is 373 g/mol. The van der Waals surface area contributed by atoms with E-state index in [1.165, 1.54) is 36.9 Å². The van der Waals surface area contributed by atoms with Gasteiger partial charge < -0.3 is 5.21 Å². The average molecular weight is 387 g/mol. The molecule has 0 saturated heterocycles. The number of sulfone groups is 1. The Kier molecular flexibility index (Phi) is 4.14. The van der Waals surface area contributed by atoms with Crippen LogP contribution in [0.1, 0.15) is 12.5 Å². The molecule has 0 aromatic carbocycles. The van der Waals surface area contributed by atoms with Gasteiger partial charge >= 0.3 is 11.8 Å². The van der Waals surface area contributed by atoms with Crippen LogP contribution in [0.15, 0.2) is 35.5 Å². The Bertz CT molecular complexity index is 1110. The number of aryl methyl sites for hydroxylation is 1. The van der Waals surface area contributed by atoms with Crippen molar-refractivity contribution < 1.29 is 31.5 Å². The molecule has 138 valence electrons. The molecule has 0 spiro atoms. The molecule has 3 aromatic heterocycles. The van der Waals surface area contributed by atoms with E-state index in [0.29, 0.717) is 10.9 Å². The summed E-state index contributed by atoms with van der Waals surface area (Å²) in [6.45, 7) is 1.47. The third-order valence-corrected chi connectivity index (χ3v) is 5.65. The molecule has 0 radical (unpaired) electrons. The molecule has 26 heavy (non-hydrogen) atoms. The van der Waals surface area contributed by atoms with Gasteiger partial charge in [-0.3, -0.25) is 0 Å². The van der Waals surface area contributed by atoms with Gasteiger partial charge in [-0.15, -0.1) is 0 Å². The Morgan fingerprint density at radius 1 is 1.35 bits per heavy atom. The van der Waals surface area contributed by atoms with E-state index in [2.05, 4.69) is 9.97 Å². The standard InChI is InChI=1S/C15H14F3N4O3S/c1-3-26(24,25)11-5-4-6-19-12(11)13-20-10-7-9(15(16,17)18)8-22(23)14(10)21(13)2/h4-8,23H,3H2,1-2H3/q+1. The van der Waals surface area contributed by atoms with Crippen molar-refractivity contribution in [3.8, 4) is 11.5 Å². The summed E-state index contributed by atoms with van der Waals surface area (Å²) in [5, 5.41) is 9.95. The first kappa shape index (κ1) is 18.1.